The van der Waals surface area contributed by atoms with Crippen molar-refractivity contribution in [2.45, 2.75) is 18.9 Å². The molecular weight excluding hydrogens is 250 g/mol. The molecule has 1 aliphatic rings. The van der Waals surface area contributed by atoms with Crippen LogP contribution >= 0.6 is 0 Å². The van der Waals surface area contributed by atoms with E-state index in [1.54, 1.807) is 6.20 Å². The van der Waals surface area contributed by atoms with Crippen LogP contribution in [0.3, 0.4) is 0 Å². The van der Waals surface area contributed by atoms with E-state index in [1.807, 2.05) is 37.8 Å². The summed E-state index contributed by atoms with van der Waals surface area (Å²) in [6, 6.07) is 4.45. The highest BCUT2D eigenvalue weighted by Gasteiger charge is 2.25. The van der Waals surface area contributed by atoms with Crippen molar-refractivity contribution in [1.29, 1.82) is 0 Å². The van der Waals surface area contributed by atoms with Crippen LogP contribution in [0.4, 0.5) is 5.95 Å². The number of aromatic nitrogens is 3. The summed E-state index contributed by atoms with van der Waals surface area (Å²) in [5.41, 5.74) is 2.05. The van der Waals surface area contributed by atoms with Gasteiger partial charge < -0.3 is 10.2 Å². The Morgan fingerprint density at radius 2 is 2.10 bits per heavy atom. The van der Waals surface area contributed by atoms with Gasteiger partial charge in [-0.3, -0.25) is 4.98 Å². The lowest BCUT2D eigenvalue weighted by atomic mass is 10.2. The lowest BCUT2D eigenvalue weighted by Gasteiger charge is -2.24. The van der Waals surface area contributed by atoms with Gasteiger partial charge in [0.2, 0.25) is 5.95 Å². The molecule has 3 rings (SSSR count). The quantitative estimate of drug-likeness (QED) is 0.916. The Morgan fingerprint density at radius 1 is 1.25 bits per heavy atom. The second-order valence-corrected chi connectivity index (χ2v) is 5.06. The molecule has 1 atom stereocenters. The fourth-order valence-corrected chi connectivity index (χ4v) is 2.70. The SMILES string of the molecule is CNCC1CCCN1c1ncc(-c2cccnc2)cn1. The topological polar surface area (TPSA) is 53.9 Å². The van der Waals surface area contributed by atoms with Gasteiger partial charge in [0, 0.05) is 55.0 Å². The molecule has 5 heteroatoms. The smallest absolute Gasteiger partial charge is 0.225 e. The van der Waals surface area contributed by atoms with Gasteiger partial charge in [0.05, 0.1) is 0 Å². The second-order valence-electron chi connectivity index (χ2n) is 5.06. The molecule has 0 aromatic carbocycles. The number of nitrogens with one attached hydrogen (secondary N) is 1. The van der Waals surface area contributed by atoms with Crippen LogP contribution in [-0.4, -0.2) is 41.1 Å². The molecule has 2 aromatic rings. The van der Waals surface area contributed by atoms with E-state index >= 15 is 0 Å². The van der Waals surface area contributed by atoms with Crippen LogP contribution in [0.2, 0.25) is 0 Å². The van der Waals surface area contributed by atoms with Gasteiger partial charge in [-0.05, 0) is 26.0 Å². The second kappa shape index (κ2) is 5.96. The van der Waals surface area contributed by atoms with Gasteiger partial charge in [-0.1, -0.05) is 6.07 Å². The molecule has 0 amide bonds. The third-order valence-corrected chi connectivity index (χ3v) is 3.71. The first-order chi connectivity index (χ1) is 9.88. The predicted molar refractivity (Wildman–Crippen MR) is 79.6 cm³/mol. The molecule has 5 nitrogen and oxygen atoms in total. The molecule has 104 valence electrons. The molecule has 3 heterocycles. The fraction of sp³-hybridized carbons (Fsp3) is 0.400. The van der Waals surface area contributed by atoms with Crippen molar-refractivity contribution in [3.63, 3.8) is 0 Å². The lowest BCUT2D eigenvalue weighted by molar-refractivity contribution is 0.607. The van der Waals surface area contributed by atoms with E-state index in [4.69, 9.17) is 0 Å². The Labute approximate surface area is 119 Å². The molecule has 0 saturated carbocycles. The third-order valence-electron chi connectivity index (χ3n) is 3.71. The predicted octanol–water partition coefficient (Wildman–Crippen LogP) is 1.73. The maximum absolute atomic E-state index is 4.53. The first-order valence-electron chi connectivity index (χ1n) is 7.02. The molecule has 1 aliphatic heterocycles. The fourth-order valence-electron chi connectivity index (χ4n) is 2.70. The molecule has 0 radical (unpaired) electrons. The maximum atomic E-state index is 4.53. The molecule has 2 aromatic heterocycles. The van der Waals surface area contributed by atoms with Crippen molar-refractivity contribution in [2.24, 2.45) is 0 Å². The van der Waals surface area contributed by atoms with Crippen LogP contribution < -0.4 is 10.2 Å². The first kappa shape index (κ1) is 13.0. The summed E-state index contributed by atoms with van der Waals surface area (Å²) in [7, 11) is 1.99. The van der Waals surface area contributed by atoms with Gasteiger partial charge in [-0.25, -0.2) is 9.97 Å². The average molecular weight is 269 g/mol. The number of hydrogen-bond acceptors (Lipinski definition) is 5. The van der Waals surface area contributed by atoms with Gasteiger partial charge in [-0.2, -0.15) is 0 Å². The molecule has 1 saturated heterocycles. The van der Waals surface area contributed by atoms with Crippen molar-refractivity contribution in [2.75, 3.05) is 25.0 Å². The van der Waals surface area contributed by atoms with E-state index in [2.05, 4.69) is 25.2 Å². The van der Waals surface area contributed by atoms with E-state index in [-0.39, 0.29) is 0 Å². The van der Waals surface area contributed by atoms with Crippen molar-refractivity contribution in [1.82, 2.24) is 20.3 Å². The van der Waals surface area contributed by atoms with Crippen LogP contribution in [0.25, 0.3) is 11.1 Å². The normalized spacial score (nSPS) is 18.4. The largest absolute Gasteiger partial charge is 0.337 e. The van der Waals surface area contributed by atoms with Crippen LogP contribution in [0, 0.1) is 0 Å². The van der Waals surface area contributed by atoms with E-state index in [1.165, 1.54) is 12.8 Å². The maximum Gasteiger partial charge on any atom is 0.225 e. The lowest BCUT2D eigenvalue weighted by Crippen LogP contribution is -2.37. The van der Waals surface area contributed by atoms with E-state index in [0.29, 0.717) is 6.04 Å². The van der Waals surface area contributed by atoms with Gasteiger partial charge in [0.25, 0.3) is 0 Å². The van der Waals surface area contributed by atoms with Gasteiger partial charge >= 0.3 is 0 Å². The summed E-state index contributed by atoms with van der Waals surface area (Å²) in [6.07, 6.45) is 9.78. The molecule has 0 bridgehead atoms. The molecule has 0 spiro atoms. The van der Waals surface area contributed by atoms with E-state index in [0.717, 1.165) is 30.2 Å². The zero-order chi connectivity index (χ0) is 13.8. The Hall–Kier alpha value is -2.01. The minimum atomic E-state index is 0.504. The highest BCUT2D eigenvalue weighted by molar-refractivity contribution is 5.60. The number of nitrogens with zero attached hydrogens (tertiary/aromatic N) is 4. The van der Waals surface area contributed by atoms with Crippen LogP contribution in [0.15, 0.2) is 36.9 Å². The Bertz CT molecular complexity index is 540. The van der Waals surface area contributed by atoms with Gasteiger partial charge in [-0.15, -0.1) is 0 Å². The first-order valence-corrected chi connectivity index (χ1v) is 7.02. The highest BCUT2D eigenvalue weighted by Crippen LogP contribution is 2.23. The highest BCUT2D eigenvalue weighted by atomic mass is 15.3. The molecule has 0 aliphatic carbocycles. The summed E-state index contributed by atoms with van der Waals surface area (Å²) in [5.74, 6) is 0.829. The summed E-state index contributed by atoms with van der Waals surface area (Å²) in [6.45, 7) is 2.02. The van der Waals surface area contributed by atoms with Gasteiger partial charge in [0.15, 0.2) is 0 Å². The summed E-state index contributed by atoms with van der Waals surface area (Å²) >= 11 is 0. The summed E-state index contributed by atoms with van der Waals surface area (Å²) in [4.78, 5) is 15.5. The molecular formula is C15H19N5. The van der Waals surface area contributed by atoms with E-state index in [9.17, 15) is 0 Å². The number of pyridine rings is 1. The minimum absolute atomic E-state index is 0.504. The zero-order valence-electron chi connectivity index (χ0n) is 11.7. The molecule has 1 unspecified atom stereocenters. The molecule has 1 N–H and O–H groups in total. The van der Waals surface area contributed by atoms with Crippen LogP contribution in [-0.2, 0) is 0 Å². The van der Waals surface area contributed by atoms with Crippen molar-refractivity contribution < 1.29 is 0 Å². The Morgan fingerprint density at radius 3 is 2.80 bits per heavy atom. The van der Waals surface area contributed by atoms with Crippen LogP contribution in [0.5, 0.6) is 0 Å². The number of hydrogen-bond donors (Lipinski definition) is 1. The van der Waals surface area contributed by atoms with Crippen molar-refractivity contribution in [3.05, 3.63) is 36.9 Å². The van der Waals surface area contributed by atoms with Crippen molar-refractivity contribution >= 4 is 5.95 Å². The third kappa shape index (κ3) is 2.63. The number of anilines is 1. The summed E-state index contributed by atoms with van der Waals surface area (Å²) in [5, 5.41) is 3.24. The minimum Gasteiger partial charge on any atom is -0.337 e. The zero-order valence-corrected chi connectivity index (χ0v) is 11.7. The Kier molecular flexibility index (Phi) is 3.87. The molecule has 1 fully saturated rings. The van der Waals surface area contributed by atoms with Crippen molar-refractivity contribution in [3.8, 4) is 11.1 Å². The summed E-state index contributed by atoms with van der Waals surface area (Å²) < 4.78 is 0. The standard InChI is InChI=1S/C15H19N5/c1-16-11-14-5-3-7-20(14)15-18-9-13(10-19-15)12-4-2-6-17-8-12/h2,4,6,8-10,14,16H,3,5,7,11H2,1H3. The number of rotatable bonds is 4. The molecule has 20 heavy (non-hydrogen) atoms. The monoisotopic (exact) mass is 269 g/mol. The average Bonchev–Trinajstić information content (AvgIpc) is 2.97. The Balaban J connectivity index is 1.79. The number of likely N-dealkylation sites (N-methyl/N-ethyl adjacent to an activating group) is 1. The van der Waals surface area contributed by atoms with Gasteiger partial charge in [0.1, 0.15) is 0 Å². The van der Waals surface area contributed by atoms with E-state index < -0.39 is 0 Å². The van der Waals surface area contributed by atoms with Crippen LogP contribution in [0.1, 0.15) is 12.8 Å².